The Labute approximate surface area is 218 Å². The highest BCUT2D eigenvalue weighted by atomic mass is 19.1. The van der Waals surface area contributed by atoms with Crippen LogP contribution in [0.5, 0.6) is 0 Å². The average molecular weight is 520 g/mol. The number of para-hydroxylation sites is 1. The van der Waals surface area contributed by atoms with E-state index in [9.17, 15) is 18.4 Å². The average Bonchev–Trinajstić information content (AvgIpc) is 3.60. The number of carbonyl (C=O) groups excluding carboxylic acids is 2. The molecule has 1 saturated heterocycles. The summed E-state index contributed by atoms with van der Waals surface area (Å²) >= 11 is 0. The number of fused-ring (bicyclic) bond motifs is 1. The lowest BCUT2D eigenvalue weighted by atomic mass is 10.0. The summed E-state index contributed by atoms with van der Waals surface area (Å²) in [6.45, 7) is 0.769. The molecule has 38 heavy (non-hydrogen) atoms. The van der Waals surface area contributed by atoms with E-state index in [0.717, 1.165) is 12.8 Å². The van der Waals surface area contributed by atoms with Crippen molar-refractivity contribution in [2.75, 3.05) is 13.2 Å². The zero-order valence-corrected chi connectivity index (χ0v) is 20.6. The van der Waals surface area contributed by atoms with Gasteiger partial charge in [-0.2, -0.15) is 0 Å². The Hall–Kier alpha value is -4.18. The van der Waals surface area contributed by atoms with Gasteiger partial charge in [0.2, 0.25) is 11.8 Å². The summed E-state index contributed by atoms with van der Waals surface area (Å²) in [6.07, 6.45) is 1.65. The number of carbonyl (C=O) groups is 2. The highest BCUT2D eigenvalue weighted by Gasteiger charge is 2.33. The van der Waals surface area contributed by atoms with Gasteiger partial charge in [0.1, 0.15) is 29.7 Å². The van der Waals surface area contributed by atoms with Gasteiger partial charge in [0.05, 0.1) is 11.6 Å². The summed E-state index contributed by atoms with van der Waals surface area (Å²) < 4.78 is 34.5. The summed E-state index contributed by atoms with van der Waals surface area (Å²) in [5, 5.41) is 11.1. The van der Waals surface area contributed by atoms with Crippen LogP contribution in [0.25, 0.3) is 11.0 Å². The zero-order chi connectivity index (χ0) is 26.5. The Kier molecular flexibility index (Phi) is 7.69. The number of nitrogens with zero attached hydrogens (tertiary/aromatic N) is 4. The summed E-state index contributed by atoms with van der Waals surface area (Å²) in [5.74, 6) is -1.71. The third kappa shape index (κ3) is 5.86. The topological polar surface area (TPSA) is 89.4 Å². The molecule has 0 bridgehead atoms. The molecule has 0 unspecified atom stereocenters. The van der Waals surface area contributed by atoms with Gasteiger partial charge in [-0.15, -0.1) is 5.10 Å². The fourth-order valence-electron chi connectivity index (χ4n) is 4.60. The van der Waals surface area contributed by atoms with Crippen molar-refractivity contribution >= 4 is 22.8 Å². The number of hydrogen-bond acceptors (Lipinski definition) is 5. The van der Waals surface area contributed by atoms with Crippen molar-refractivity contribution in [3.05, 3.63) is 95.6 Å². The van der Waals surface area contributed by atoms with Gasteiger partial charge in [0, 0.05) is 19.7 Å². The minimum absolute atomic E-state index is 0.0150. The molecule has 2 heterocycles. The van der Waals surface area contributed by atoms with E-state index >= 15 is 0 Å². The Balaban J connectivity index is 1.49. The predicted octanol–water partition coefficient (Wildman–Crippen LogP) is 3.77. The maximum absolute atomic E-state index is 13.9. The fraction of sp³-hybridized carbons (Fsp3) is 0.286. The highest BCUT2D eigenvalue weighted by Crippen LogP contribution is 2.26. The van der Waals surface area contributed by atoms with Gasteiger partial charge in [0.15, 0.2) is 0 Å². The molecular formula is C28H27F2N5O3. The largest absolute Gasteiger partial charge is 0.376 e. The Morgan fingerprint density at radius 2 is 1.74 bits per heavy atom. The summed E-state index contributed by atoms with van der Waals surface area (Å²) in [5.41, 5.74) is 2.37. The number of ether oxygens (including phenoxy) is 1. The van der Waals surface area contributed by atoms with Crippen LogP contribution in [0.15, 0.2) is 72.8 Å². The van der Waals surface area contributed by atoms with E-state index in [1.165, 1.54) is 46.0 Å². The first-order valence-corrected chi connectivity index (χ1v) is 12.4. The fourth-order valence-corrected chi connectivity index (χ4v) is 4.60. The highest BCUT2D eigenvalue weighted by molar-refractivity contribution is 5.89. The van der Waals surface area contributed by atoms with E-state index in [-0.39, 0.29) is 19.2 Å². The lowest BCUT2D eigenvalue weighted by Crippen LogP contribution is -2.46. The quantitative estimate of drug-likeness (QED) is 0.364. The van der Waals surface area contributed by atoms with E-state index in [1.807, 2.05) is 12.1 Å². The van der Waals surface area contributed by atoms with Gasteiger partial charge >= 0.3 is 0 Å². The third-order valence-corrected chi connectivity index (χ3v) is 6.57. The molecule has 8 nitrogen and oxygen atoms in total. The van der Waals surface area contributed by atoms with Crippen molar-refractivity contribution in [2.24, 2.45) is 0 Å². The second-order valence-electron chi connectivity index (χ2n) is 9.22. The molecule has 0 radical (unpaired) electrons. The first-order chi connectivity index (χ1) is 18.5. The molecule has 1 aromatic heterocycles. The second-order valence-corrected chi connectivity index (χ2v) is 9.22. The Bertz CT molecular complexity index is 1400. The lowest BCUT2D eigenvalue weighted by molar-refractivity contribution is -0.142. The van der Waals surface area contributed by atoms with E-state index in [0.29, 0.717) is 35.3 Å². The van der Waals surface area contributed by atoms with E-state index in [1.54, 1.807) is 24.3 Å². The van der Waals surface area contributed by atoms with Crippen molar-refractivity contribution in [3.63, 3.8) is 0 Å². The molecule has 196 valence electrons. The number of aromatic nitrogens is 3. The summed E-state index contributed by atoms with van der Waals surface area (Å²) in [4.78, 5) is 28.9. The van der Waals surface area contributed by atoms with Gasteiger partial charge < -0.3 is 15.0 Å². The van der Waals surface area contributed by atoms with Crippen LogP contribution in [-0.2, 0) is 27.4 Å². The molecule has 3 aromatic carbocycles. The van der Waals surface area contributed by atoms with Crippen molar-refractivity contribution < 1.29 is 23.1 Å². The Morgan fingerprint density at radius 3 is 2.45 bits per heavy atom. The van der Waals surface area contributed by atoms with Crippen LogP contribution in [0, 0.1) is 11.6 Å². The molecule has 10 heteroatoms. The molecule has 0 spiro atoms. The maximum atomic E-state index is 13.9. The molecule has 1 aliphatic heterocycles. The number of benzene rings is 3. The van der Waals surface area contributed by atoms with Crippen molar-refractivity contribution in [3.8, 4) is 0 Å². The van der Waals surface area contributed by atoms with Crippen LogP contribution in [0.1, 0.15) is 30.0 Å². The molecule has 1 fully saturated rings. The third-order valence-electron chi connectivity index (χ3n) is 6.57. The molecule has 4 aromatic rings. The van der Waals surface area contributed by atoms with E-state index in [2.05, 4.69) is 15.6 Å². The van der Waals surface area contributed by atoms with Gasteiger partial charge in [-0.1, -0.05) is 41.6 Å². The SMILES string of the molecule is O=C(NC[C@H]1CCCO1)[C@@H](c1ccc(F)cc1)N(Cc1ccc(F)cc1)C(=O)Cn1nnc2ccccc21. The number of amides is 2. The molecule has 2 amide bonds. The molecule has 1 N–H and O–H groups in total. The zero-order valence-electron chi connectivity index (χ0n) is 20.6. The molecule has 2 atom stereocenters. The first-order valence-electron chi connectivity index (χ1n) is 12.4. The smallest absolute Gasteiger partial charge is 0.247 e. The molecule has 5 rings (SSSR count). The minimum Gasteiger partial charge on any atom is -0.376 e. The standard InChI is InChI=1S/C28H27F2N5O3/c29-21-11-7-19(8-12-21)17-34(26(36)18-35-25-6-2-1-5-24(25)32-33-35)27(20-9-13-22(30)14-10-20)28(37)31-16-23-4-3-15-38-23/h1-2,5-14,23,27H,3-4,15-18H2,(H,31,37)/t23-,27-/m1/s1. The van der Waals surface area contributed by atoms with Crippen LogP contribution in [0.3, 0.4) is 0 Å². The van der Waals surface area contributed by atoms with E-state index in [4.69, 9.17) is 4.74 Å². The van der Waals surface area contributed by atoms with Crippen LogP contribution >= 0.6 is 0 Å². The Morgan fingerprint density at radius 1 is 1.03 bits per heavy atom. The van der Waals surface area contributed by atoms with Gasteiger partial charge in [0.25, 0.3) is 0 Å². The van der Waals surface area contributed by atoms with E-state index < -0.39 is 29.5 Å². The maximum Gasteiger partial charge on any atom is 0.247 e. The van der Waals surface area contributed by atoms with Crippen molar-refractivity contribution in [1.82, 2.24) is 25.2 Å². The normalized spacial score (nSPS) is 15.9. The predicted molar refractivity (Wildman–Crippen MR) is 136 cm³/mol. The van der Waals surface area contributed by atoms with Gasteiger partial charge in [-0.05, 0) is 60.4 Å². The number of rotatable bonds is 9. The van der Waals surface area contributed by atoms with Crippen LogP contribution < -0.4 is 5.32 Å². The van der Waals surface area contributed by atoms with Gasteiger partial charge in [-0.25, -0.2) is 13.5 Å². The molecular weight excluding hydrogens is 492 g/mol. The molecule has 0 saturated carbocycles. The van der Waals surface area contributed by atoms with Crippen LogP contribution in [0.4, 0.5) is 8.78 Å². The lowest BCUT2D eigenvalue weighted by Gasteiger charge is -2.32. The van der Waals surface area contributed by atoms with Crippen LogP contribution in [0.2, 0.25) is 0 Å². The summed E-state index contributed by atoms with van der Waals surface area (Å²) in [6, 6.07) is 17.4. The van der Waals surface area contributed by atoms with Crippen molar-refractivity contribution in [2.45, 2.75) is 38.1 Å². The van der Waals surface area contributed by atoms with Crippen LogP contribution in [-0.4, -0.2) is 51.0 Å². The first kappa shape index (κ1) is 25.5. The minimum atomic E-state index is -1.08. The number of hydrogen-bond donors (Lipinski definition) is 1. The second kappa shape index (κ2) is 11.5. The number of halogens is 2. The monoisotopic (exact) mass is 519 g/mol. The van der Waals surface area contributed by atoms with Gasteiger partial charge in [-0.3, -0.25) is 9.59 Å². The summed E-state index contributed by atoms with van der Waals surface area (Å²) in [7, 11) is 0. The molecule has 0 aliphatic carbocycles. The van der Waals surface area contributed by atoms with Crippen molar-refractivity contribution in [1.29, 1.82) is 0 Å². The molecule has 1 aliphatic rings. The number of nitrogens with one attached hydrogen (secondary N) is 1.